The summed E-state index contributed by atoms with van der Waals surface area (Å²) in [6.45, 7) is 4.75. The molecule has 1 aromatic carbocycles. The summed E-state index contributed by atoms with van der Waals surface area (Å²) in [6.07, 6.45) is 1.06. The number of carbonyl (C=O) groups is 2. The Morgan fingerprint density at radius 2 is 2.15 bits per heavy atom. The molecule has 110 valence electrons. The number of ether oxygens (including phenoxy) is 1. The molecule has 20 heavy (non-hydrogen) atoms. The number of hydrogen-bond acceptors (Lipinski definition) is 3. The van der Waals surface area contributed by atoms with Crippen LogP contribution in [0.1, 0.15) is 38.2 Å². The summed E-state index contributed by atoms with van der Waals surface area (Å²) in [6, 6.07) is 6.92. The smallest absolute Gasteiger partial charge is 0.310 e. The first-order valence-electron chi connectivity index (χ1n) is 6.75. The average Bonchev–Trinajstić information content (AvgIpc) is 2.43. The van der Waals surface area contributed by atoms with Crippen molar-refractivity contribution < 1.29 is 19.4 Å². The van der Waals surface area contributed by atoms with Gasteiger partial charge in [0.1, 0.15) is 0 Å². The highest BCUT2D eigenvalue weighted by Crippen LogP contribution is 2.19. The number of carboxylic acids is 1. The van der Waals surface area contributed by atoms with Crippen LogP contribution < -0.4 is 5.32 Å². The SMILES string of the molecule is CCOCCCC(=O)Nc1cccc(C(C)C(=O)O)c1. The minimum absolute atomic E-state index is 0.0927. The Morgan fingerprint density at radius 1 is 1.40 bits per heavy atom. The molecule has 0 saturated carbocycles. The van der Waals surface area contributed by atoms with E-state index in [0.29, 0.717) is 37.3 Å². The zero-order valence-corrected chi connectivity index (χ0v) is 11.9. The fraction of sp³-hybridized carbons (Fsp3) is 0.467. The van der Waals surface area contributed by atoms with Gasteiger partial charge in [-0.25, -0.2) is 0 Å². The Kier molecular flexibility index (Phi) is 6.73. The molecule has 5 heteroatoms. The second-order valence-corrected chi connectivity index (χ2v) is 4.53. The summed E-state index contributed by atoms with van der Waals surface area (Å²) < 4.78 is 5.17. The fourth-order valence-corrected chi connectivity index (χ4v) is 1.73. The van der Waals surface area contributed by atoms with Gasteiger partial charge in [-0.15, -0.1) is 0 Å². The molecular weight excluding hydrogens is 258 g/mol. The van der Waals surface area contributed by atoms with Gasteiger partial charge in [0.25, 0.3) is 0 Å². The number of hydrogen-bond donors (Lipinski definition) is 2. The Morgan fingerprint density at radius 3 is 2.80 bits per heavy atom. The monoisotopic (exact) mass is 279 g/mol. The molecule has 0 saturated heterocycles. The quantitative estimate of drug-likeness (QED) is 0.717. The van der Waals surface area contributed by atoms with Crippen LogP contribution in [0.25, 0.3) is 0 Å². The Hall–Kier alpha value is -1.88. The van der Waals surface area contributed by atoms with Crippen LogP contribution >= 0.6 is 0 Å². The predicted octanol–water partition coefficient (Wildman–Crippen LogP) is 2.63. The van der Waals surface area contributed by atoms with Crippen molar-refractivity contribution in [1.82, 2.24) is 0 Å². The second kappa shape index (κ2) is 8.32. The fourth-order valence-electron chi connectivity index (χ4n) is 1.73. The molecule has 1 amide bonds. The molecule has 0 bridgehead atoms. The first-order chi connectivity index (χ1) is 9.54. The highest BCUT2D eigenvalue weighted by Gasteiger charge is 2.14. The Bertz CT molecular complexity index is 459. The largest absolute Gasteiger partial charge is 0.481 e. The molecule has 1 rings (SSSR count). The molecule has 0 spiro atoms. The number of carboxylic acid groups (broad SMARTS) is 1. The zero-order chi connectivity index (χ0) is 15.0. The minimum Gasteiger partial charge on any atom is -0.481 e. The molecule has 0 aliphatic rings. The van der Waals surface area contributed by atoms with Crippen LogP contribution in [0.2, 0.25) is 0 Å². The van der Waals surface area contributed by atoms with Crippen molar-refractivity contribution in [2.24, 2.45) is 0 Å². The molecule has 0 fully saturated rings. The summed E-state index contributed by atoms with van der Waals surface area (Å²) in [7, 11) is 0. The van der Waals surface area contributed by atoms with Crippen LogP contribution in [0.3, 0.4) is 0 Å². The first-order valence-corrected chi connectivity index (χ1v) is 6.75. The number of amides is 1. The first kappa shape index (κ1) is 16.2. The van der Waals surface area contributed by atoms with Crippen molar-refractivity contribution in [1.29, 1.82) is 0 Å². The molecular formula is C15H21NO4. The van der Waals surface area contributed by atoms with Gasteiger partial charge in [-0.1, -0.05) is 12.1 Å². The maximum Gasteiger partial charge on any atom is 0.310 e. The predicted molar refractivity (Wildman–Crippen MR) is 76.8 cm³/mol. The van der Waals surface area contributed by atoms with Crippen molar-refractivity contribution in [3.05, 3.63) is 29.8 Å². The summed E-state index contributed by atoms with van der Waals surface area (Å²) in [5, 5.41) is 11.7. The van der Waals surface area contributed by atoms with Gasteiger partial charge in [-0.2, -0.15) is 0 Å². The van der Waals surface area contributed by atoms with Gasteiger partial charge in [-0.05, 0) is 38.0 Å². The van der Waals surface area contributed by atoms with Gasteiger partial charge in [0.15, 0.2) is 0 Å². The third-order valence-corrected chi connectivity index (χ3v) is 2.94. The maximum absolute atomic E-state index is 11.7. The molecule has 1 aromatic rings. The zero-order valence-electron chi connectivity index (χ0n) is 11.9. The summed E-state index contributed by atoms with van der Waals surface area (Å²) in [5.74, 6) is -1.57. The topological polar surface area (TPSA) is 75.6 Å². The van der Waals surface area contributed by atoms with E-state index in [-0.39, 0.29) is 5.91 Å². The van der Waals surface area contributed by atoms with E-state index in [0.717, 1.165) is 0 Å². The summed E-state index contributed by atoms with van der Waals surface area (Å²) >= 11 is 0. The van der Waals surface area contributed by atoms with Crippen molar-refractivity contribution >= 4 is 17.6 Å². The van der Waals surface area contributed by atoms with E-state index in [1.54, 1.807) is 31.2 Å². The van der Waals surface area contributed by atoms with E-state index in [1.807, 2.05) is 6.92 Å². The van der Waals surface area contributed by atoms with Crippen LogP contribution in [-0.2, 0) is 14.3 Å². The van der Waals surface area contributed by atoms with Gasteiger partial charge in [0, 0.05) is 25.3 Å². The van der Waals surface area contributed by atoms with Crippen molar-refractivity contribution in [2.45, 2.75) is 32.6 Å². The Balaban J connectivity index is 2.53. The van der Waals surface area contributed by atoms with E-state index in [2.05, 4.69) is 5.32 Å². The van der Waals surface area contributed by atoms with Crippen molar-refractivity contribution in [3.8, 4) is 0 Å². The molecule has 1 atom stereocenters. The van der Waals surface area contributed by atoms with Gasteiger partial charge >= 0.3 is 5.97 Å². The number of rotatable bonds is 8. The lowest BCUT2D eigenvalue weighted by Crippen LogP contribution is -2.13. The molecule has 0 aliphatic heterocycles. The van der Waals surface area contributed by atoms with E-state index >= 15 is 0 Å². The van der Waals surface area contributed by atoms with Crippen LogP contribution in [0.4, 0.5) is 5.69 Å². The van der Waals surface area contributed by atoms with Crippen LogP contribution in [0.15, 0.2) is 24.3 Å². The number of anilines is 1. The van der Waals surface area contributed by atoms with Crippen LogP contribution in [-0.4, -0.2) is 30.2 Å². The van der Waals surface area contributed by atoms with Gasteiger partial charge in [0.05, 0.1) is 5.92 Å². The maximum atomic E-state index is 11.7. The molecule has 0 aliphatic carbocycles. The number of nitrogens with one attached hydrogen (secondary N) is 1. The van der Waals surface area contributed by atoms with Gasteiger partial charge in [0.2, 0.25) is 5.91 Å². The minimum atomic E-state index is -0.884. The van der Waals surface area contributed by atoms with E-state index < -0.39 is 11.9 Å². The number of carbonyl (C=O) groups excluding carboxylic acids is 1. The second-order valence-electron chi connectivity index (χ2n) is 4.53. The van der Waals surface area contributed by atoms with Crippen molar-refractivity contribution in [2.75, 3.05) is 18.5 Å². The van der Waals surface area contributed by atoms with Crippen LogP contribution in [0, 0.1) is 0 Å². The number of benzene rings is 1. The molecule has 2 N–H and O–H groups in total. The normalized spacial score (nSPS) is 11.9. The molecule has 0 heterocycles. The molecule has 1 unspecified atom stereocenters. The van der Waals surface area contributed by atoms with Gasteiger partial charge < -0.3 is 15.2 Å². The van der Waals surface area contributed by atoms with Crippen LogP contribution in [0.5, 0.6) is 0 Å². The third-order valence-electron chi connectivity index (χ3n) is 2.94. The molecule has 0 radical (unpaired) electrons. The lowest BCUT2D eigenvalue weighted by Gasteiger charge is -2.10. The van der Waals surface area contributed by atoms with E-state index in [1.165, 1.54) is 0 Å². The third kappa shape index (κ3) is 5.40. The van der Waals surface area contributed by atoms with E-state index in [9.17, 15) is 9.59 Å². The average molecular weight is 279 g/mol. The number of aliphatic carboxylic acids is 1. The van der Waals surface area contributed by atoms with E-state index in [4.69, 9.17) is 9.84 Å². The highest BCUT2D eigenvalue weighted by atomic mass is 16.5. The van der Waals surface area contributed by atoms with Gasteiger partial charge in [-0.3, -0.25) is 9.59 Å². The Labute approximate surface area is 118 Å². The summed E-state index contributed by atoms with van der Waals surface area (Å²) in [5.41, 5.74) is 1.29. The summed E-state index contributed by atoms with van der Waals surface area (Å²) in [4.78, 5) is 22.6. The molecule has 5 nitrogen and oxygen atoms in total. The lowest BCUT2D eigenvalue weighted by molar-refractivity contribution is -0.138. The standard InChI is InChI=1S/C15H21NO4/c1-3-20-9-5-8-14(17)16-13-7-4-6-12(10-13)11(2)15(18)19/h4,6-7,10-11H,3,5,8-9H2,1-2H3,(H,16,17)(H,18,19). The highest BCUT2D eigenvalue weighted by molar-refractivity contribution is 5.91. The van der Waals surface area contributed by atoms with Crippen molar-refractivity contribution in [3.63, 3.8) is 0 Å². The molecule has 0 aromatic heterocycles. The lowest BCUT2D eigenvalue weighted by atomic mass is 10.0.